The van der Waals surface area contributed by atoms with E-state index in [4.69, 9.17) is 18.5 Å². The zero-order valence-electron chi connectivity index (χ0n) is 19.6. The molecule has 0 amide bonds. The first kappa shape index (κ1) is 29.6. The average molecular weight is 461 g/mol. The highest BCUT2D eigenvalue weighted by Crippen LogP contribution is 2.49. The highest BCUT2D eigenvalue weighted by molar-refractivity contribution is 7.53. The molecule has 8 heteroatoms. The Morgan fingerprint density at radius 2 is 1.10 bits per heavy atom. The molecular formula is C23H41O7P. The molecule has 0 saturated heterocycles. The molecule has 31 heavy (non-hydrogen) atoms. The van der Waals surface area contributed by atoms with Crippen molar-refractivity contribution in [3.8, 4) is 0 Å². The second-order valence-corrected chi connectivity index (χ2v) is 9.85. The fourth-order valence-corrected chi connectivity index (χ4v) is 4.23. The summed E-state index contributed by atoms with van der Waals surface area (Å²) in [7, 11) is -3.11. The largest absolute Gasteiger partial charge is 0.462 e. The minimum Gasteiger partial charge on any atom is -0.462 e. The van der Waals surface area contributed by atoms with Crippen molar-refractivity contribution in [2.45, 2.75) is 78.6 Å². The lowest BCUT2D eigenvalue weighted by Gasteiger charge is -2.18. The van der Waals surface area contributed by atoms with Gasteiger partial charge in [0.25, 0.3) is 0 Å². The summed E-state index contributed by atoms with van der Waals surface area (Å²) in [6.45, 7) is 13.8. The smallest absolute Gasteiger partial charge is 0.333 e. The topological polar surface area (TPSA) is 88.1 Å². The molecule has 0 aliphatic heterocycles. The van der Waals surface area contributed by atoms with E-state index in [0.29, 0.717) is 43.7 Å². The van der Waals surface area contributed by atoms with Gasteiger partial charge in [0.05, 0.1) is 32.6 Å². The highest BCUT2D eigenvalue weighted by Gasteiger charge is 2.23. The Kier molecular flexibility index (Phi) is 17.3. The molecule has 0 rings (SSSR count). The number of ether oxygens (including phenoxy) is 2. The van der Waals surface area contributed by atoms with Crippen molar-refractivity contribution < 1.29 is 32.7 Å². The van der Waals surface area contributed by atoms with Gasteiger partial charge < -0.3 is 18.5 Å². The van der Waals surface area contributed by atoms with Crippen LogP contribution < -0.4 is 0 Å². The Balaban J connectivity index is 4.07. The van der Waals surface area contributed by atoms with Gasteiger partial charge in [0.15, 0.2) is 0 Å². The first-order valence-electron chi connectivity index (χ1n) is 11.2. The maximum Gasteiger partial charge on any atom is 0.333 e. The van der Waals surface area contributed by atoms with Crippen LogP contribution >= 0.6 is 7.60 Å². The average Bonchev–Trinajstić information content (AvgIpc) is 2.72. The molecule has 0 bridgehead atoms. The Morgan fingerprint density at radius 3 is 1.48 bits per heavy atom. The quantitative estimate of drug-likeness (QED) is 0.0955. The molecule has 0 radical (unpaired) electrons. The van der Waals surface area contributed by atoms with E-state index in [1.54, 1.807) is 13.8 Å². The number of hydrogen-bond donors (Lipinski definition) is 0. The van der Waals surface area contributed by atoms with Gasteiger partial charge in [-0.25, -0.2) is 9.59 Å². The molecule has 0 heterocycles. The summed E-state index contributed by atoms with van der Waals surface area (Å²) in [5, 5.41) is 0. The molecule has 180 valence electrons. The Bertz CT molecular complexity index is 557. The van der Waals surface area contributed by atoms with E-state index < -0.39 is 7.60 Å². The highest BCUT2D eigenvalue weighted by atomic mass is 31.2. The van der Waals surface area contributed by atoms with Crippen LogP contribution in [-0.2, 0) is 32.7 Å². The SMILES string of the molecule is C=C(C)C(=O)OCCCCCOP(=O)(CCCCC)OCCCCCOC(=O)C(=C)C. The summed E-state index contributed by atoms with van der Waals surface area (Å²) < 4.78 is 34.4. The molecule has 0 aromatic heterocycles. The zero-order chi connectivity index (χ0) is 23.5. The van der Waals surface area contributed by atoms with Crippen molar-refractivity contribution >= 4 is 19.5 Å². The summed E-state index contributed by atoms with van der Waals surface area (Å²) in [5.41, 5.74) is 0.780. The summed E-state index contributed by atoms with van der Waals surface area (Å²) in [6.07, 6.45) is 7.75. The zero-order valence-corrected chi connectivity index (χ0v) is 20.5. The predicted molar refractivity (Wildman–Crippen MR) is 123 cm³/mol. The molecule has 0 fully saturated rings. The summed E-state index contributed by atoms with van der Waals surface area (Å²) in [4.78, 5) is 22.6. The minimum atomic E-state index is -3.11. The minimum absolute atomic E-state index is 0.345. The van der Waals surface area contributed by atoms with Crippen LogP contribution in [0, 0.1) is 0 Å². The Morgan fingerprint density at radius 1 is 0.677 bits per heavy atom. The van der Waals surface area contributed by atoms with Crippen LogP contribution in [0.2, 0.25) is 0 Å². The normalized spacial score (nSPS) is 11.2. The van der Waals surface area contributed by atoms with Gasteiger partial charge >= 0.3 is 19.5 Å². The third-order valence-corrected chi connectivity index (χ3v) is 6.37. The number of unbranched alkanes of at least 4 members (excludes halogenated alkanes) is 6. The first-order chi connectivity index (χ1) is 14.7. The van der Waals surface area contributed by atoms with E-state index >= 15 is 0 Å². The van der Waals surface area contributed by atoms with Gasteiger partial charge in [-0.15, -0.1) is 0 Å². The van der Waals surface area contributed by atoms with Gasteiger partial charge in [-0.2, -0.15) is 0 Å². The van der Waals surface area contributed by atoms with Gasteiger partial charge in [-0.05, 0) is 58.8 Å². The second kappa shape index (κ2) is 18.2. The van der Waals surface area contributed by atoms with E-state index in [1.165, 1.54) is 0 Å². The number of hydrogen-bond acceptors (Lipinski definition) is 7. The van der Waals surface area contributed by atoms with Gasteiger partial charge in [0, 0.05) is 11.1 Å². The Labute approximate surface area is 188 Å². The predicted octanol–water partition coefficient (Wildman–Crippen LogP) is 5.98. The molecule has 0 N–H and O–H groups in total. The van der Waals surface area contributed by atoms with Crippen molar-refractivity contribution in [1.29, 1.82) is 0 Å². The molecule has 0 spiro atoms. The second-order valence-electron chi connectivity index (χ2n) is 7.66. The first-order valence-corrected chi connectivity index (χ1v) is 13.0. The summed E-state index contributed by atoms with van der Waals surface area (Å²) >= 11 is 0. The van der Waals surface area contributed by atoms with Crippen LogP contribution in [0.3, 0.4) is 0 Å². The monoisotopic (exact) mass is 460 g/mol. The molecule has 0 aromatic carbocycles. The number of esters is 2. The van der Waals surface area contributed by atoms with Crippen LogP contribution in [0.1, 0.15) is 78.6 Å². The number of carbonyl (C=O) groups is 2. The van der Waals surface area contributed by atoms with E-state index in [1.807, 2.05) is 0 Å². The molecular weight excluding hydrogens is 419 g/mol. The van der Waals surface area contributed by atoms with E-state index in [2.05, 4.69) is 20.1 Å². The van der Waals surface area contributed by atoms with Crippen LogP contribution in [0.25, 0.3) is 0 Å². The fourth-order valence-electron chi connectivity index (χ4n) is 2.47. The summed E-state index contributed by atoms with van der Waals surface area (Å²) in [5.74, 6) is -0.752. The lowest BCUT2D eigenvalue weighted by Crippen LogP contribution is -2.07. The molecule has 0 saturated carbocycles. The summed E-state index contributed by atoms with van der Waals surface area (Å²) in [6, 6.07) is 0. The fraction of sp³-hybridized carbons (Fsp3) is 0.739. The standard InChI is InChI=1S/C23H41O7P/c1-6-7-14-19-31(26,29-17-12-8-10-15-27-22(24)20(2)3)30-18-13-9-11-16-28-23(25)21(4)5/h2,4,6-19H2,1,3,5H3. The van der Waals surface area contributed by atoms with Crippen LogP contribution in [0.5, 0.6) is 0 Å². The van der Waals surface area contributed by atoms with Crippen LogP contribution in [0.15, 0.2) is 24.3 Å². The van der Waals surface area contributed by atoms with Crippen molar-refractivity contribution in [3.63, 3.8) is 0 Å². The molecule has 0 atom stereocenters. The van der Waals surface area contributed by atoms with Crippen molar-refractivity contribution in [2.75, 3.05) is 32.6 Å². The lowest BCUT2D eigenvalue weighted by molar-refractivity contribution is -0.139. The van der Waals surface area contributed by atoms with Gasteiger partial charge in [-0.1, -0.05) is 32.9 Å². The van der Waals surface area contributed by atoms with E-state index in [-0.39, 0.29) is 11.9 Å². The molecule has 7 nitrogen and oxygen atoms in total. The molecule has 0 aliphatic rings. The Hall–Kier alpha value is -1.43. The number of carbonyl (C=O) groups excluding carboxylic acids is 2. The third kappa shape index (κ3) is 16.9. The lowest BCUT2D eigenvalue weighted by atomic mass is 10.2. The molecule has 0 aliphatic carbocycles. The van der Waals surface area contributed by atoms with E-state index in [0.717, 1.165) is 57.8 Å². The van der Waals surface area contributed by atoms with Gasteiger partial charge in [0.1, 0.15) is 0 Å². The van der Waals surface area contributed by atoms with Crippen molar-refractivity contribution in [1.82, 2.24) is 0 Å². The third-order valence-electron chi connectivity index (χ3n) is 4.35. The van der Waals surface area contributed by atoms with Crippen LogP contribution in [-0.4, -0.2) is 44.5 Å². The maximum atomic E-state index is 13.0. The van der Waals surface area contributed by atoms with Crippen LogP contribution in [0.4, 0.5) is 0 Å². The van der Waals surface area contributed by atoms with Crippen molar-refractivity contribution in [3.05, 3.63) is 24.3 Å². The maximum absolute atomic E-state index is 13.0. The van der Waals surface area contributed by atoms with E-state index in [9.17, 15) is 14.2 Å². The van der Waals surface area contributed by atoms with Gasteiger partial charge in [0.2, 0.25) is 0 Å². The van der Waals surface area contributed by atoms with Crippen molar-refractivity contribution in [2.24, 2.45) is 0 Å². The molecule has 0 aromatic rings. The number of rotatable bonds is 20. The van der Waals surface area contributed by atoms with Gasteiger partial charge in [-0.3, -0.25) is 4.57 Å². The molecule has 0 unspecified atom stereocenters.